The molecule has 2 aromatic carbocycles. The maximum atomic E-state index is 12.9. The highest BCUT2D eigenvalue weighted by atomic mass is 35.5. The lowest BCUT2D eigenvalue weighted by Gasteiger charge is -2.18. The van der Waals surface area contributed by atoms with E-state index in [9.17, 15) is 18.3 Å². The van der Waals surface area contributed by atoms with Crippen LogP contribution < -0.4 is 4.72 Å². The third-order valence-corrected chi connectivity index (χ3v) is 8.52. The minimum atomic E-state index is -3.96. The molecule has 1 fully saturated rings. The van der Waals surface area contributed by atoms with Gasteiger partial charge in [-0.25, -0.2) is 8.42 Å². The van der Waals surface area contributed by atoms with Crippen LogP contribution in [0.15, 0.2) is 40.6 Å². The molecular formula is C20H15Cl2N3O4S2. The molecule has 2 heterocycles. The van der Waals surface area contributed by atoms with Gasteiger partial charge in [-0.3, -0.25) is 4.79 Å². The molecule has 11 heteroatoms. The number of sulfonamides is 1. The fraction of sp³-hybridized carbons (Fsp3) is 0.200. The van der Waals surface area contributed by atoms with E-state index in [0.717, 1.165) is 11.3 Å². The average molecular weight is 496 g/mol. The highest BCUT2D eigenvalue weighted by Gasteiger charge is 2.35. The summed E-state index contributed by atoms with van der Waals surface area (Å²) >= 11 is 13.2. The second-order valence-electron chi connectivity index (χ2n) is 7.04. The van der Waals surface area contributed by atoms with E-state index in [4.69, 9.17) is 28.5 Å². The summed E-state index contributed by atoms with van der Waals surface area (Å²) in [5, 5.41) is 20.4. The number of phenols is 1. The molecule has 31 heavy (non-hydrogen) atoms. The van der Waals surface area contributed by atoms with Gasteiger partial charge in [0, 0.05) is 33.8 Å². The fourth-order valence-corrected chi connectivity index (χ4v) is 6.77. The first kappa shape index (κ1) is 21.9. The topological polar surface area (TPSA) is 110 Å². The summed E-state index contributed by atoms with van der Waals surface area (Å²) in [5.74, 6) is -0.427. The molecule has 0 radical (unpaired) electrons. The van der Waals surface area contributed by atoms with E-state index in [1.807, 2.05) is 6.07 Å². The molecule has 1 aromatic heterocycles. The number of likely N-dealkylation sites (tertiary alicyclic amines) is 1. The number of thiophene rings is 1. The summed E-state index contributed by atoms with van der Waals surface area (Å²) in [7, 11) is -3.96. The summed E-state index contributed by atoms with van der Waals surface area (Å²) in [4.78, 5) is 14.2. The molecule has 2 N–H and O–H groups in total. The van der Waals surface area contributed by atoms with Gasteiger partial charge in [0.2, 0.25) is 5.91 Å². The van der Waals surface area contributed by atoms with Crippen molar-refractivity contribution < 1.29 is 18.3 Å². The van der Waals surface area contributed by atoms with E-state index >= 15 is 0 Å². The highest BCUT2D eigenvalue weighted by Crippen LogP contribution is 2.36. The molecule has 160 valence electrons. The van der Waals surface area contributed by atoms with Gasteiger partial charge in [-0.1, -0.05) is 23.2 Å². The largest absolute Gasteiger partial charge is 0.508 e. The molecule has 1 aliphatic heterocycles. The maximum Gasteiger partial charge on any atom is 0.250 e. The predicted octanol–water partition coefficient (Wildman–Crippen LogP) is 3.86. The SMILES string of the molecule is N#Cc1ccc(O)c(CN2CCC(NS(=O)(=O)c3cc4c(Cl)cc(Cl)cc4s3)C2=O)c1. The van der Waals surface area contributed by atoms with Gasteiger partial charge in [0.15, 0.2) is 0 Å². The summed E-state index contributed by atoms with van der Waals surface area (Å²) in [6.45, 7) is 0.394. The zero-order valence-electron chi connectivity index (χ0n) is 15.8. The molecular weight excluding hydrogens is 481 g/mol. The van der Waals surface area contributed by atoms with Gasteiger partial charge in [-0.15, -0.1) is 11.3 Å². The van der Waals surface area contributed by atoms with Crippen LogP contribution in [-0.2, 0) is 21.4 Å². The lowest BCUT2D eigenvalue weighted by molar-refractivity contribution is -0.129. The Kier molecular flexibility index (Phi) is 5.85. The van der Waals surface area contributed by atoms with E-state index in [-0.39, 0.29) is 22.9 Å². The molecule has 4 rings (SSSR count). The van der Waals surface area contributed by atoms with Crippen LogP contribution in [0.3, 0.4) is 0 Å². The zero-order chi connectivity index (χ0) is 22.3. The first-order valence-electron chi connectivity index (χ1n) is 9.09. The minimum Gasteiger partial charge on any atom is -0.508 e. The Morgan fingerprint density at radius 2 is 2.03 bits per heavy atom. The Balaban J connectivity index is 1.52. The standard InChI is InChI=1S/C20H15Cl2N3O4S2/c21-13-6-15(22)14-8-19(30-18(14)7-13)31(28,29)24-16-3-4-25(20(16)27)10-12-5-11(9-23)1-2-17(12)26/h1-2,5-8,16,24,26H,3-4,10H2. The van der Waals surface area contributed by atoms with Crippen LogP contribution in [0.2, 0.25) is 10.0 Å². The number of nitrogens with zero attached hydrogens (tertiary/aromatic N) is 2. The van der Waals surface area contributed by atoms with Crippen molar-refractivity contribution in [2.45, 2.75) is 23.2 Å². The number of carbonyl (C=O) groups excluding carboxylic acids is 1. The number of aromatic hydroxyl groups is 1. The number of halogens is 2. The normalized spacial score (nSPS) is 16.7. The van der Waals surface area contributed by atoms with Gasteiger partial charge in [-0.05, 0) is 42.8 Å². The Morgan fingerprint density at radius 3 is 2.77 bits per heavy atom. The second kappa shape index (κ2) is 8.30. The third kappa shape index (κ3) is 4.35. The molecule has 1 unspecified atom stereocenters. The number of fused-ring (bicyclic) bond motifs is 1. The van der Waals surface area contributed by atoms with Crippen LogP contribution in [-0.4, -0.2) is 36.9 Å². The second-order valence-corrected chi connectivity index (χ2v) is 10.9. The maximum absolute atomic E-state index is 12.9. The van der Waals surface area contributed by atoms with Gasteiger partial charge >= 0.3 is 0 Å². The number of carbonyl (C=O) groups is 1. The number of hydrogen-bond donors (Lipinski definition) is 2. The minimum absolute atomic E-state index is 0.0309. The van der Waals surface area contributed by atoms with Crippen molar-refractivity contribution in [3.05, 3.63) is 57.6 Å². The van der Waals surface area contributed by atoms with Crippen LogP contribution in [0, 0.1) is 11.3 Å². The summed E-state index contributed by atoms with van der Waals surface area (Å²) in [6.07, 6.45) is 0.286. The number of benzene rings is 2. The van der Waals surface area contributed by atoms with Crippen molar-refractivity contribution in [3.8, 4) is 11.8 Å². The Labute approximate surface area is 192 Å². The molecule has 0 saturated carbocycles. The van der Waals surface area contributed by atoms with E-state index < -0.39 is 22.0 Å². The van der Waals surface area contributed by atoms with Crippen molar-refractivity contribution in [2.75, 3.05) is 6.54 Å². The molecule has 0 spiro atoms. The van der Waals surface area contributed by atoms with Gasteiger partial charge in [-0.2, -0.15) is 9.98 Å². The third-order valence-electron chi connectivity index (χ3n) is 4.96. The van der Waals surface area contributed by atoms with Crippen LogP contribution >= 0.6 is 34.5 Å². The molecule has 1 atom stereocenters. The molecule has 1 aliphatic rings. The number of amides is 1. The molecule has 0 bridgehead atoms. The van der Waals surface area contributed by atoms with E-state index in [2.05, 4.69) is 4.72 Å². The first-order chi connectivity index (χ1) is 14.7. The predicted molar refractivity (Wildman–Crippen MR) is 119 cm³/mol. The number of nitrogens with one attached hydrogen (secondary N) is 1. The van der Waals surface area contributed by atoms with E-state index in [0.29, 0.717) is 37.8 Å². The van der Waals surface area contributed by atoms with Crippen LogP contribution in [0.5, 0.6) is 5.75 Å². The lowest BCUT2D eigenvalue weighted by atomic mass is 10.1. The van der Waals surface area contributed by atoms with Crippen molar-refractivity contribution >= 4 is 60.6 Å². The van der Waals surface area contributed by atoms with Crippen molar-refractivity contribution in [3.63, 3.8) is 0 Å². The van der Waals surface area contributed by atoms with Gasteiger partial charge in [0.05, 0.1) is 16.7 Å². The van der Waals surface area contributed by atoms with Crippen LogP contribution in [0.25, 0.3) is 10.1 Å². The van der Waals surface area contributed by atoms with Gasteiger partial charge < -0.3 is 10.0 Å². The molecule has 0 aliphatic carbocycles. The smallest absolute Gasteiger partial charge is 0.250 e. The summed E-state index contributed by atoms with van der Waals surface area (Å²) in [6, 6.07) is 10.1. The number of rotatable bonds is 5. The lowest BCUT2D eigenvalue weighted by Crippen LogP contribution is -2.41. The average Bonchev–Trinajstić information content (AvgIpc) is 3.29. The molecule has 1 amide bonds. The zero-order valence-corrected chi connectivity index (χ0v) is 18.9. The number of hydrogen-bond acceptors (Lipinski definition) is 6. The summed E-state index contributed by atoms with van der Waals surface area (Å²) < 4.78 is 28.9. The van der Waals surface area contributed by atoms with Crippen molar-refractivity contribution in [2.24, 2.45) is 0 Å². The Hall–Kier alpha value is -2.35. The van der Waals surface area contributed by atoms with Gasteiger partial charge in [0.1, 0.15) is 16.0 Å². The fourth-order valence-electron chi connectivity index (χ4n) is 3.41. The molecule has 7 nitrogen and oxygen atoms in total. The van der Waals surface area contributed by atoms with Crippen molar-refractivity contribution in [1.29, 1.82) is 5.26 Å². The van der Waals surface area contributed by atoms with E-state index in [1.54, 1.807) is 6.07 Å². The quantitative estimate of drug-likeness (QED) is 0.558. The highest BCUT2D eigenvalue weighted by molar-refractivity contribution is 7.91. The molecule has 1 saturated heterocycles. The van der Waals surface area contributed by atoms with Crippen molar-refractivity contribution in [1.82, 2.24) is 9.62 Å². The number of nitriles is 1. The Bertz CT molecular complexity index is 1350. The Morgan fingerprint density at radius 1 is 1.26 bits per heavy atom. The molecule has 3 aromatic rings. The number of phenolic OH excluding ortho intramolecular Hbond substituents is 1. The van der Waals surface area contributed by atoms with E-state index in [1.165, 1.54) is 35.2 Å². The van der Waals surface area contributed by atoms with Gasteiger partial charge in [0.25, 0.3) is 10.0 Å². The summed E-state index contributed by atoms with van der Waals surface area (Å²) in [5.41, 5.74) is 0.784. The monoisotopic (exact) mass is 495 g/mol. The van der Waals surface area contributed by atoms with Crippen LogP contribution in [0.4, 0.5) is 0 Å². The van der Waals surface area contributed by atoms with Crippen LogP contribution in [0.1, 0.15) is 17.5 Å². The first-order valence-corrected chi connectivity index (χ1v) is 12.2.